The van der Waals surface area contributed by atoms with Crippen LogP contribution < -0.4 is 5.32 Å². The van der Waals surface area contributed by atoms with Crippen LogP contribution in [0.1, 0.15) is 33.1 Å². The minimum absolute atomic E-state index is 0. The first-order valence-electron chi connectivity index (χ1n) is 7.91. The molecule has 0 radical (unpaired) electrons. The van der Waals surface area contributed by atoms with Crippen molar-refractivity contribution in [2.75, 3.05) is 45.8 Å². The summed E-state index contributed by atoms with van der Waals surface area (Å²) in [5.74, 6) is 1.66. The zero-order valence-corrected chi connectivity index (χ0v) is 15.0. The Hall–Kier alpha value is -0.0300. The summed E-state index contributed by atoms with van der Waals surface area (Å²) >= 11 is 0. The van der Waals surface area contributed by atoms with Gasteiger partial charge in [-0.05, 0) is 44.3 Å². The Kier molecular flexibility index (Phi) is 10.6. The topological polar surface area (TPSA) is 35.6 Å². The molecular formula is C15H31Cl2N3O. The molecule has 1 atom stereocenters. The molecule has 4 nitrogen and oxygen atoms in total. The zero-order chi connectivity index (χ0) is 13.7. The molecule has 0 aromatic rings. The fourth-order valence-corrected chi connectivity index (χ4v) is 3.30. The lowest BCUT2D eigenvalue weighted by molar-refractivity contribution is -0.134. The number of piperidine rings is 1. The molecule has 1 unspecified atom stereocenters. The van der Waals surface area contributed by atoms with E-state index >= 15 is 0 Å². The second-order valence-corrected chi connectivity index (χ2v) is 6.08. The molecule has 1 amide bonds. The van der Waals surface area contributed by atoms with Crippen LogP contribution in [-0.4, -0.2) is 61.5 Å². The molecule has 2 rings (SSSR count). The van der Waals surface area contributed by atoms with E-state index in [0.717, 1.165) is 58.2 Å². The number of carbonyl (C=O) groups is 1. The summed E-state index contributed by atoms with van der Waals surface area (Å²) < 4.78 is 0. The van der Waals surface area contributed by atoms with Crippen molar-refractivity contribution in [1.82, 2.24) is 15.1 Å². The van der Waals surface area contributed by atoms with Crippen LogP contribution in [-0.2, 0) is 4.79 Å². The summed E-state index contributed by atoms with van der Waals surface area (Å²) in [7, 11) is 0. The first kappa shape index (κ1) is 21.0. The van der Waals surface area contributed by atoms with Gasteiger partial charge in [0.05, 0.1) is 0 Å². The number of likely N-dealkylation sites (N-methyl/N-ethyl adjacent to an activating group) is 1. The van der Waals surface area contributed by atoms with Crippen LogP contribution in [0.5, 0.6) is 0 Å². The summed E-state index contributed by atoms with van der Waals surface area (Å²) in [4.78, 5) is 16.8. The van der Waals surface area contributed by atoms with Crippen LogP contribution in [0.25, 0.3) is 0 Å². The van der Waals surface area contributed by atoms with Gasteiger partial charge in [0.1, 0.15) is 0 Å². The normalized spacial score (nSPS) is 22.1. The predicted molar refractivity (Wildman–Crippen MR) is 92.6 cm³/mol. The van der Waals surface area contributed by atoms with Crippen molar-refractivity contribution in [3.8, 4) is 0 Å². The van der Waals surface area contributed by atoms with E-state index in [1.807, 2.05) is 0 Å². The largest absolute Gasteiger partial charge is 0.340 e. The monoisotopic (exact) mass is 339 g/mol. The summed E-state index contributed by atoms with van der Waals surface area (Å²) in [6.07, 6.45) is 3.22. The van der Waals surface area contributed by atoms with Gasteiger partial charge >= 0.3 is 0 Å². The highest BCUT2D eigenvalue weighted by molar-refractivity contribution is 5.85. The van der Waals surface area contributed by atoms with Crippen molar-refractivity contribution in [2.45, 2.75) is 33.1 Å². The maximum absolute atomic E-state index is 12.3. The van der Waals surface area contributed by atoms with Crippen molar-refractivity contribution in [2.24, 2.45) is 11.8 Å². The zero-order valence-electron chi connectivity index (χ0n) is 13.3. The summed E-state index contributed by atoms with van der Waals surface area (Å²) in [6, 6.07) is 0. The van der Waals surface area contributed by atoms with Crippen LogP contribution in [0, 0.1) is 11.8 Å². The Morgan fingerprint density at radius 2 is 1.71 bits per heavy atom. The number of piperazine rings is 1. The van der Waals surface area contributed by atoms with E-state index in [2.05, 4.69) is 29.0 Å². The molecule has 2 fully saturated rings. The molecule has 1 N–H and O–H groups in total. The SMILES string of the molecule is CCN1CCN(C(=O)CC(C)C2CCNCC2)CC1.Cl.Cl. The Morgan fingerprint density at radius 3 is 2.24 bits per heavy atom. The van der Waals surface area contributed by atoms with Gasteiger partial charge in [-0.3, -0.25) is 4.79 Å². The standard InChI is InChI=1S/C15H29N3O.2ClH/c1-3-17-8-10-18(11-9-17)15(19)12-13(2)14-4-6-16-7-5-14;;/h13-14,16H,3-12H2,1-2H3;2*1H. The van der Waals surface area contributed by atoms with Gasteiger partial charge in [0.2, 0.25) is 5.91 Å². The number of hydrogen-bond donors (Lipinski definition) is 1. The molecule has 0 spiro atoms. The van der Waals surface area contributed by atoms with Crippen LogP contribution in [0.2, 0.25) is 0 Å². The van der Waals surface area contributed by atoms with Crippen LogP contribution in [0.3, 0.4) is 0 Å². The van der Waals surface area contributed by atoms with Gasteiger partial charge in [-0.2, -0.15) is 0 Å². The van der Waals surface area contributed by atoms with Gasteiger partial charge in [0.25, 0.3) is 0 Å². The first-order chi connectivity index (χ1) is 9.20. The van der Waals surface area contributed by atoms with Crippen molar-refractivity contribution in [3.05, 3.63) is 0 Å². The quantitative estimate of drug-likeness (QED) is 0.851. The molecule has 0 bridgehead atoms. The number of carbonyl (C=O) groups excluding carboxylic acids is 1. The molecule has 2 aliphatic heterocycles. The maximum atomic E-state index is 12.3. The second kappa shape index (κ2) is 10.7. The van der Waals surface area contributed by atoms with E-state index in [9.17, 15) is 4.79 Å². The Morgan fingerprint density at radius 1 is 1.14 bits per heavy atom. The van der Waals surface area contributed by atoms with Gasteiger partial charge in [0.15, 0.2) is 0 Å². The Bertz CT molecular complexity index is 291. The molecule has 2 heterocycles. The van der Waals surface area contributed by atoms with Gasteiger partial charge in [-0.15, -0.1) is 24.8 Å². The third-order valence-corrected chi connectivity index (χ3v) is 4.86. The third kappa shape index (κ3) is 6.31. The maximum Gasteiger partial charge on any atom is 0.222 e. The lowest BCUT2D eigenvalue weighted by Crippen LogP contribution is -2.49. The van der Waals surface area contributed by atoms with E-state index in [1.54, 1.807) is 0 Å². The fraction of sp³-hybridized carbons (Fsp3) is 0.933. The highest BCUT2D eigenvalue weighted by Crippen LogP contribution is 2.25. The number of halogens is 2. The molecule has 2 aliphatic rings. The minimum atomic E-state index is 0. The predicted octanol–water partition coefficient (Wildman–Crippen LogP) is 2.02. The minimum Gasteiger partial charge on any atom is -0.340 e. The van der Waals surface area contributed by atoms with E-state index in [-0.39, 0.29) is 24.8 Å². The molecule has 0 saturated carbocycles. The van der Waals surface area contributed by atoms with E-state index in [1.165, 1.54) is 12.8 Å². The fourth-order valence-electron chi connectivity index (χ4n) is 3.30. The number of nitrogens with one attached hydrogen (secondary N) is 1. The summed E-state index contributed by atoms with van der Waals surface area (Å²) in [6.45, 7) is 11.7. The average molecular weight is 340 g/mol. The molecule has 126 valence electrons. The van der Waals surface area contributed by atoms with Crippen LogP contribution in [0.4, 0.5) is 0 Å². The smallest absolute Gasteiger partial charge is 0.222 e. The lowest BCUT2D eigenvalue weighted by atomic mass is 9.84. The van der Waals surface area contributed by atoms with Gasteiger partial charge in [-0.1, -0.05) is 13.8 Å². The second-order valence-electron chi connectivity index (χ2n) is 6.08. The van der Waals surface area contributed by atoms with Crippen LogP contribution >= 0.6 is 24.8 Å². The van der Waals surface area contributed by atoms with E-state index in [0.29, 0.717) is 11.8 Å². The van der Waals surface area contributed by atoms with Crippen molar-refractivity contribution in [3.63, 3.8) is 0 Å². The molecule has 2 saturated heterocycles. The summed E-state index contributed by atoms with van der Waals surface area (Å²) in [5.41, 5.74) is 0. The van der Waals surface area contributed by atoms with Crippen molar-refractivity contribution in [1.29, 1.82) is 0 Å². The number of nitrogens with zero attached hydrogens (tertiary/aromatic N) is 2. The van der Waals surface area contributed by atoms with E-state index < -0.39 is 0 Å². The van der Waals surface area contributed by atoms with Gasteiger partial charge in [-0.25, -0.2) is 0 Å². The first-order valence-corrected chi connectivity index (χ1v) is 7.91. The van der Waals surface area contributed by atoms with Crippen molar-refractivity contribution < 1.29 is 4.79 Å². The Balaban J connectivity index is 0.00000200. The Labute approximate surface area is 141 Å². The molecule has 0 aromatic carbocycles. The highest BCUT2D eigenvalue weighted by Gasteiger charge is 2.25. The highest BCUT2D eigenvalue weighted by atomic mass is 35.5. The summed E-state index contributed by atoms with van der Waals surface area (Å²) in [5, 5.41) is 3.40. The van der Waals surface area contributed by atoms with Gasteiger partial charge in [0, 0.05) is 32.6 Å². The molecule has 6 heteroatoms. The number of rotatable bonds is 4. The molecule has 0 aromatic heterocycles. The average Bonchev–Trinajstić information content (AvgIpc) is 2.48. The van der Waals surface area contributed by atoms with Gasteiger partial charge < -0.3 is 15.1 Å². The number of amides is 1. The number of hydrogen-bond acceptors (Lipinski definition) is 3. The van der Waals surface area contributed by atoms with Crippen molar-refractivity contribution >= 4 is 30.7 Å². The lowest BCUT2D eigenvalue weighted by Gasteiger charge is -2.35. The molecular weight excluding hydrogens is 309 g/mol. The van der Waals surface area contributed by atoms with Crippen LogP contribution in [0.15, 0.2) is 0 Å². The van der Waals surface area contributed by atoms with E-state index in [4.69, 9.17) is 0 Å². The molecule has 0 aliphatic carbocycles. The third-order valence-electron chi connectivity index (χ3n) is 4.86. The molecule has 21 heavy (non-hydrogen) atoms.